The van der Waals surface area contributed by atoms with Gasteiger partial charge in [0.15, 0.2) is 17.4 Å². The molecule has 0 unspecified atom stereocenters. The van der Waals surface area contributed by atoms with E-state index in [2.05, 4.69) is 9.73 Å². The zero-order valence-electron chi connectivity index (χ0n) is 7.93. The van der Waals surface area contributed by atoms with Crippen molar-refractivity contribution in [1.82, 2.24) is 0 Å². The number of hydrogen-bond acceptors (Lipinski definition) is 2. The Morgan fingerprint density at radius 3 is 2.67 bits per heavy atom. The van der Waals surface area contributed by atoms with Crippen molar-refractivity contribution in [3.05, 3.63) is 23.8 Å². The van der Waals surface area contributed by atoms with Crippen LogP contribution in [0.25, 0.3) is 0 Å². The summed E-state index contributed by atoms with van der Waals surface area (Å²) in [5, 5.41) is 0. The van der Waals surface area contributed by atoms with Gasteiger partial charge in [-0.2, -0.15) is 0 Å². The van der Waals surface area contributed by atoms with E-state index in [1.165, 1.54) is 7.11 Å². The van der Waals surface area contributed by atoms with E-state index in [9.17, 15) is 8.78 Å². The number of nitrogens with two attached hydrogens (primary N) is 1. The second kappa shape index (κ2) is 4.93. The van der Waals surface area contributed by atoms with Crippen molar-refractivity contribution in [2.45, 2.75) is 0 Å². The van der Waals surface area contributed by atoms with Crippen LogP contribution in [0.15, 0.2) is 17.1 Å². The lowest BCUT2D eigenvalue weighted by Gasteiger charge is -2.04. The lowest BCUT2D eigenvalue weighted by molar-refractivity contribution is 0.384. The fourth-order valence-electron chi connectivity index (χ4n) is 0.945. The molecule has 0 bridgehead atoms. The summed E-state index contributed by atoms with van der Waals surface area (Å²) >= 11 is 5.38. The van der Waals surface area contributed by atoms with E-state index in [-0.39, 0.29) is 23.2 Å². The monoisotopic (exact) mass is 234 g/mol. The molecule has 0 spiro atoms. The van der Waals surface area contributed by atoms with Crippen LogP contribution in [0.4, 0.5) is 14.5 Å². The van der Waals surface area contributed by atoms with Gasteiger partial charge < -0.3 is 10.5 Å². The van der Waals surface area contributed by atoms with Gasteiger partial charge in [-0.15, -0.1) is 11.6 Å². The smallest absolute Gasteiger partial charge is 0.168 e. The van der Waals surface area contributed by atoms with E-state index in [0.29, 0.717) is 6.07 Å². The molecule has 6 heteroatoms. The summed E-state index contributed by atoms with van der Waals surface area (Å²) in [6.45, 7) is 0. The SMILES string of the molecule is COc1cc(N=C(N)CCl)c(F)cc1F. The maximum atomic E-state index is 13.2. The van der Waals surface area contributed by atoms with Gasteiger partial charge in [0.25, 0.3) is 0 Å². The number of methoxy groups -OCH3 is 1. The van der Waals surface area contributed by atoms with Crippen LogP contribution in [0, 0.1) is 11.6 Å². The molecule has 0 aliphatic rings. The maximum absolute atomic E-state index is 13.2. The molecule has 1 aromatic rings. The van der Waals surface area contributed by atoms with Crippen LogP contribution in [0.5, 0.6) is 5.75 Å². The molecule has 0 aliphatic heterocycles. The van der Waals surface area contributed by atoms with Crippen LogP contribution >= 0.6 is 11.6 Å². The Bertz CT molecular complexity index is 396. The summed E-state index contributed by atoms with van der Waals surface area (Å²) in [5.74, 6) is -1.69. The minimum absolute atomic E-state index is 0.0286. The summed E-state index contributed by atoms with van der Waals surface area (Å²) in [6, 6.07) is 1.79. The third-order valence-corrected chi connectivity index (χ3v) is 1.90. The molecule has 0 heterocycles. The summed E-state index contributed by atoms with van der Waals surface area (Å²) in [7, 11) is 1.27. The van der Waals surface area contributed by atoms with Crippen LogP contribution in [0.1, 0.15) is 0 Å². The van der Waals surface area contributed by atoms with Crippen LogP contribution in [-0.4, -0.2) is 18.8 Å². The quantitative estimate of drug-likeness (QED) is 0.495. The number of aliphatic imine (C=N–C) groups is 1. The number of hydrogen-bond donors (Lipinski definition) is 1. The average molecular weight is 235 g/mol. The molecule has 82 valence electrons. The summed E-state index contributed by atoms with van der Waals surface area (Å²) in [5.41, 5.74) is 5.22. The first-order valence-electron chi connectivity index (χ1n) is 4.00. The highest BCUT2D eigenvalue weighted by atomic mass is 35.5. The molecule has 0 amide bonds. The molecule has 1 aromatic carbocycles. The summed E-state index contributed by atoms with van der Waals surface area (Å²) < 4.78 is 30.8. The van der Waals surface area contributed by atoms with E-state index in [1.54, 1.807) is 0 Å². The van der Waals surface area contributed by atoms with E-state index in [1.807, 2.05) is 0 Å². The molecule has 3 nitrogen and oxygen atoms in total. The number of rotatable bonds is 3. The largest absolute Gasteiger partial charge is 0.494 e. The Hall–Kier alpha value is -1.36. The normalized spacial score (nSPS) is 11.6. The average Bonchev–Trinajstić information content (AvgIpc) is 2.21. The standard InChI is InChI=1S/C9H9ClF2N2O/c1-15-8-3-7(14-9(13)4-10)5(11)2-6(8)12/h2-3H,4H2,1H3,(H2,13,14). The molecule has 0 radical (unpaired) electrons. The molecule has 2 N–H and O–H groups in total. The zero-order chi connectivity index (χ0) is 11.4. The van der Waals surface area contributed by atoms with Crippen molar-refractivity contribution in [1.29, 1.82) is 0 Å². The van der Waals surface area contributed by atoms with E-state index < -0.39 is 11.6 Å². The highest BCUT2D eigenvalue weighted by molar-refractivity contribution is 6.28. The van der Waals surface area contributed by atoms with Gasteiger partial charge in [0.2, 0.25) is 0 Å². The third kappa shape index (κ3) is 2.79. The van der Waals surface area contributed by atoms with Crippen LogP contribution < -0.4 is 10.5 Å². The topological polar surface area (TPSA) is 47.6 Å². The lowest BCUT2D eigenvalue weighted by atomic mass is 10.3. The molecule has 0 saturated heterocycles. The van der Waals surface area contributed by atoms with Crippen LogP contribution in [0.3, 0.4) is 0 Å². The Kier molecular flexibility index (Phi) is 3.85. The molecular weight excluding hydrogens is 226 g/mol. The minimum atomic E-state index is -0.818. The number of amidine groups is 1. The molecule has 0 aliphatic carbocycles. The van der Waals surface area contributed by atoms with Crippen LogP contribution in [-0.2, 0) is 0 Å². The third-order valence-electron chi connectivity index (χ3n) is 1.62. The second-order valence-corrected chi connectivity index (χ2v) is 2.94. The molecular formula is C9H9ClF2N2O. The second-order valence-electron chi connectivity index (χ2n) is 2.67. The van der Waals surface area contributed by atoms with E-state index in [0.717, 1.165) is 6.07 Å². The van der Waals surface area contributed by atoms with Crippen molar-refractivity contribution < 1.29 is 13.5 Å². The Balaban J connectivity index is 3.19. The van der Waals surface area contributed by atoms with Crippen LogP contribution in [0.2, 0.25) is 0 Å². The first-order valence-corrected chi connectivity index (χ1v) is 4.54. The van der Waals surface area contributed by atoms with Crippen molar-refractivity contribution in [2.24, 2.45) is 10.7 Å². The van der Waals surface area contributed by atoms with Crippen molar-refractivity contribution in [2.75, 3.05) is 13.0 Å². The summed E-state index contributed by atoms with van der Waals surface area (Å²) in [6.07, 6.45) is 0. The zero-order valence-corrected chi connectivity index (χ0v) is 8.68. The highest BCUT2D eigenvalue weighted by Crippen LogP contribution is 2.27. The summed E-state index contributed by atoms with van der Waals surface area (Å²) in [4.78, 5) is 3.67. The van der Waals surface area contributed by atoms with Crippen molar-refractivity contribution in [3.8, 4) is 5.75 Å². The first-order chi connectivity index (χ1) is 7.08. The minimum Gasteiger partial charge on any atom is -0.494 e. The number of ether oxygens (including phenoxy) is 1. The van der Waals surface area contributed by atoms with Gasteiger partial charge in [-0.25, -0.2) is 13.8 Å². The van der Waals surface area contributed by atoms with Gasteiger partial charge in [0, 0.05) is 12.1 Å². The Morgan fingerprint density at radius 2 is 2.13 bits per heavy atom. The molecule has 0 atom stereocenters. The molecule has 15 heavy (non-hydrogen) atoms. The van der Waals surface area contributed by atoms with Gasteiger partial charge in [-0.05, 0) is 0 Å². The van der Waals surface area contributed by atoms with E-state index >= 15 is 0 Å². The molecule has 0 aromatic heterocycles. The highest BCUT2D eigenvalue weighted by Gasteiger charge is 2.09. The van der Waals surface area contributed by atoms with Gasteiger partial charge in [0.1, 0.15) is 11.5 Å². The van der Waals surface area contributed by atoms with Gasteiger partial charge in [0.05, 0.1) is 13.0 Å². The molecule has 0 fully saturated rings. The van der Waals surface area contributed by atoms with Gasteiger partial charge in [-0.3, -0.25) is 0 Å². The molecule has 0 saturated carbocycles. The number of nitrogens with zero attached hydrogens (tertiary/aromatic N) is 1. The maximum Gasteiger partial charge on any atom is 0.168 e. The van der Waals surface area contributed by atoms with Gasteiger partial charge >= 0.3 is 0 Å². The predicted molar refractivity (Wildman–Crippen MR) is 54.9 cm³/mol. The van der Waals surface area contributed by atoms with Crippen molar-refractivity contribution >= 4 is 23.1 Å². The molecule has 1 rings (SSSR count). The predicted octanol–water partition coefficient (Wildman–Crippen LogP) is 2.20. The number of halogens is 3. The number of benzene rings is 1. The Labute approximate surface area is 90.5 Å². The van der Waals surface area contributed by atoms with Gasteiger partial charge in [-0.1, -0.05) is 0 Å². The fourth-order valence-corrected chi connectivity index (χ4v) is 1.00. The van der Waals surface area contributed by atoms with Crippen molar-refractivity contribution in [3.63, 3.8) is 0 Å². The number of alkyl halides is 1. The lowest BCUT2D eigenvalue weighted by Crippen LogP contribution is -2.12. The first kappa shape index (κ1) is 11.7. The van der Waals surface area contributed by atoms with E-state index in [4.69, 9.17) is 17.3 Å². The Morgan fingerprint density at radius 1 is 1.47 bits per heavy atom. The fraction of sp³-hybridized carbons (Fsp3) is 0.222.